The molecule has 0 fully saturated rings. The average Bonchev–Trinajstić information content (AvgIpc) is 2.67. The summed E-state index contributed by atoms with van der Waals surface area (Å²) in [6.07, 6.45) is -0.117. The van der Waals surface area contributed by atoms with E-state index in [1.807, 2.05) is 0 Å². The molecule has 2 aromatic carbocycles. The van der Waals surface area contributed by atoms with Crippen LogP contribution in [0.15, 0.2) is 35.9 Å². The van der Waals surface area contributed by atoms with Gasteiger partial charge in [-0.15, -0.1) is 0 Å². The van der Waals surface area contributed by atoms with Gasteiger partial charge in [0.25, 0.3) is 0 Å². The van der Waals surface area contributed by atoms with Gasteiger partial charge in [0.15, 0.2) is 29.0 Å². The van der Waals surface area contributed by atoms with Gasteiger partial charge < -0.3 is 9.84 Å². The molecule has 1 aliphatic carbocycles. The molecular formula is C22H20F5O3P. The zero-order valence-corrected chi connectivity index (χ0v) is 17.5. The molecule has 166 valence electrons. The van der Waals surface area contributed by atoms with Crippen LogP contribution in [-0.2, 0) is 11.2 Å². The highest BCUT2D eigenvalue weighted by molar-refractivity contribution is 7.18. The highest BCUT2D eigenvalue weighted by Crippen LogP contribution is 2.44. The number of halogens is 5. The van der Waals surface area contributed by atoms with Crippen molar-refractivity contribution >= 4 is 20.8 Å². The number of benzene rings is 2. The molecule has 0 aliphatic heterocycles. The summed E-state index contributed by atoms with van der Waals surface area (Å²) in [4.78, 5) is 10.6. The van der Waals surface area contributed by atoms with Gasteiger partial charge in [-0.25, -0.2) is 22.0 Å². The maximum absolute atomic E-state index is 14.6. The summed E-state index contributed by atoms with van der Waals surface area (Å²) < 4.78 is 75.6. The number of carboxylic acid groups (broad SMARTS) is 1. The number of hydrogen-bond donors (Lipinski definition) is 1. The van der Waals surface area contributed by atoms with Gasteiger partial charge in [-0.3, -0.25) is 4.79 Å². The van der Waals surface area contributed by atoms with Gasteiger partial charge in [0.1, 0.15) is 12.0 Å². The summed E-state index contributed by atoms with van der Waals surface area (Å²) in [5.41, 5.74) is 1.43. The fourth-order valence-electron chi connectivity index (χ4n) is 3.54. The smallest absolute Gasteiger partial charge is 0.303 e. The maximum Gasteiger partial charge on any atom is 0.303 e. The first kappa shape index (κ1) is 23.2. The van der Waals surface area contributed by atoms with Crippen LogP contribution >= 0.6 is 9.24 Å². The average molecular weight is 458 g/mol. The van der Waals surface area contributed by atoms with E-state index in [0.29, 0.717) is 16.7 Å². The molecule has 0 bridgehead atoms. The van der Waals surface area contributed by atoms with E-state index in [2.05, 4.69) is 9.24 Å². The highest BCUT2D eigenvalue weighted by Gasteiger charge is 2.32. The second-order valence-corrected chi connectivity index (χ2v) is 8.53. The Balaban J connectivity index is 1.86. The minimum Gasteiger partial charge on any atom is -0.483 e. The number of hydrogen-bond acceptors (Lipinski definition) is 2. The molecule has 0 aromatic heterocycles. The van der Waals surface area contributed by atoms with Gasteiger partial charge in [-0.05, 0) is 65.8 Å². The van der Waals surface area contributed by atoms with Gasteiger partial charge in [0, 0.05) is 12.8 Å². The highest BCUT2D eigenvalue weighted by atomic mass is 31.0. The van der Waals surface area contributed by atoms with Crippen LogP contribution in [-0.4, -0.2) is 23.1 Å². The maximum atomic E-state index is 14.6. The van der Waals surface area contributed by atoms with Crippen molar-refractivity contribution < 1.29 is 36.6 Å². The van der Waals surface area contributed by atoms with Gasteiger partial charge in [0.2, 0.25) is 0 Å². The standard InChI is InChI=1S/C22H20F5O3P/c23-16-3-2-13(9-17(16)24)15-5-6-22(27,31)10-14(15)11-30-21-18(25)7-12(8-19(21)26)1-4-20(28)29/h2-3,7-9H,1,4-6,10-11,31H2,(H,28,29). The number of rotatable bonds is 7. The van der Waals surface area contributed by atoms with E-state index in [1.165, 1.54) is 6.07 Å². The topological polar surface area (TPSA) is 46.5 Å². The number of carbonyl (C=O) groups is 1. The van der Waals surface area contributed by atoms with E-state index in [0.717, 1.165) is 24.3 Å². The first-order chi connectivity index (χ1) is 14.6. The van der Waals surface area contributed by atoms with E-state index < -0.39 is 40.4 Å². The number of aliphatic carboxylic acids is 1. The van der Waals surface area contributed by atoms with Crippen molar-refractivity contribution in [1.29, 1.82) is 0 Å². The second kappa shape index (κ2) is 9.35. The van der Waals surface area contributed by atoms with Crippen molar-refractivity contribution in [2.45, 2.75) is 37.5 Å². The molecule has 3 nitrogen and oxygen atoms in total. The van der Waals surface area contributed by atoms with Crippen LogP contribution in [0, 0.1) is 23.3 Å². The Morgan fingerprint density at radius 3 is 2.35 bits per heavy atom. The monoisotopic (exact) mass is 458 g/mol. The lowest BCUT2D eigenvalue weighted by atomic mass is 9.86. The Hall–Kier alpha value is -2.47. The quantitative estimate of drug-likeness (QED) is 0.420. The number of carboxylic acids is 1. The molecule has 2 atom stereocenters. The lowest BCUT2D eigenvalue weighted by molar-refractivity contribution is -0.136. The van der Waals surface area contributed by atoms with E-state index in [9.17, 15) is 26.7 Å². The fraction of sp³-hybridized carbons (Fsp3) is 0.318. The van der Waals surface area contributed by atoms with Crippen LogP contribution in [0.4, 0.5) is 22.0 Å². The van der Waals surface area contributed by atoms with Gasteiger partial charge in [-0.2, -0.15) is 0 Å². The largest absolute Gasteiger partial charge is 0.483 e. The predicted molar refractivity (Wildman–Crippen MR) is 108 cm³/mol. The van der Waals surface area contributed by atoms with Gasteiger partial charge in [-0.1, -0.05) is 15.3 Å². The van der Waals surface area contributed by atoms with E-state index in [1.54, 1.807) is 0 Å². The van der Waals surface area contributed by atoms with Crippen LogP contribution in [0.3, 0.4) is 0 Å². The zero-order valence-electron chi connectivity index (χ0n) is 16.4. The third-order valence-corrected chi connectivity index (χ3v) is 5.56. The Morgan fingerprint density at radius 2 is 1.74 bits per heavy atom. The molecule has 0 heterocycles. The van der Waals surface area contributed by atoms with Crippen molar-refractivity contribution in [1.82, 2.24) is 0 Å². The molecule has 0 radical (unpaired) electrons. The third-order valence-electron chi connectivity index (χ3n) is 5.07. The van der Waals surface area contributed by atoms with Crippen molar-refractivity contribution in [2.75, 3.05) is 6.61 Å². The van der Waals surface area contributed by atoms with Crippen LogP contribution in [0.5, 0.6) is 5.75 Å². The Bertz CT molecular complexity index is 1010. The molecule has 1 N–H and O–H groups in total. The van der Waals surface area contributed by atoms with E-state index >= 15 is 0 Å². The molecule has 0 saturated carbocycles. The molecule has 3 rings (SSSR count). The number of allylic oxidation sites excluding steroid dienone is 1. The Morgan fingerprint density at radius 1 is 1.06 bits per heavy atom. The zero-order chi connectivity index (χ0) is 22.8. The lowest BCUT2D eigenvalue weighted by Crippen LogP contribution is -2.23. The van der Waals surface area contributed by atoms with Crippen LogP contribution < -0.4 is 4.74 Å². The summed E-state index contributed by atoms with van der Waals surface area (Å²) in [5.74, 6) is -5.86. The van der Waals surface area contributed by atoms with Gasteiger partial charge in [0.05, 0.1) is 0 Å². The SMILES string of the molecule is O=C(O)CCc1cc(F)c(OCC2=C(c3ccc(F)c(F)c3)CCC(F)(P)C2)c(F)c1. The van der Waals surface area contributed by atoms with E-state index in [4.69, 9.17) is 9.84 Å². The molecule has 2 unspecified atom stereocenters. The van der Waals surface area contributed by atoms with Crippen LogP contribution in [0.1, 0.15) is 36.8 Å². The fourth-order valence-corrected chi connectivity index (χ4v) is 3.93. The molecular weight excluding hydrogens is 438 g/mol. The third kappa shape index (κ3) is 5.82. The summed E-state index contributed by atoms with van der Waals surface area (Å²) in [7, 11) is 2.09. The Labute approximate surface area is 178 Å². The molecule has 1 aliphatic rings. The summed E-state index contributed by atoms with van der Waals surface area (Å²) in [5, 5.41) is 7.04. The van der Waals surface area contributed by atoms with Gasteiger partial charge >= 0.3 is 5.97 Å². The number of alkyl halides is 1. The molecule has 0 amide bonds. The molecule has 0 spiro atoms. The predicted octanol–water partition coefficient (Wildman–Crippen LogP) is 5.82. The van der Waals surface area contributed by atoms with Crippen molar-refractivity contribution in [2.24, 2.45) is 0 Å². The summed E-state index contributed by atoms with van der Waals surface area (Å²) in [6, 6.07) is 5.30. The number of ether oxygens (including phenoxy) is 1. The lowest BCUT2D eigenvalue weighted by Gasteiger charge is -2.30. The normalized spacial score (nSPS) is 18.9. The first-order valence-electron chi connectivity index (χ1n) is 9.52. The Kier molecular flexibility index (Phi) is 6.99. The summed E-state index contributed by atoms with van der Waals surface area (Å²) >= 11 is 0. The second-order valence-electron chi connectivity index (χ2n) is 7.49. The summed E-state index contributed by atoms with van der Waals surface area (Å²) in [6.45, 7) is -0.350. The minimum absolute atomic E-state index is 0.0493. The molecule has 31 heavy (non-hydrogen) atoms. The molecule has 0 saturated heterocycles. The number of aryl methyl sites for hydroxylation is 1. The van der Waals surface area contributed by atoms with Crippen LogP contribution in [0.25, 0.3) is 5.57 Å². The van der Waals surface area contributed by atoms with Crippen molar-refractivity contribution in [3.8, 4) is 5.75 Å². The van der Waals surface area contributed by atoms with Crippen LogP contribution in [0.2, 0.25) is 0 Å². The van der Waals surface area contributed by atoms with E-state index in [-0.39, 0.29) is 44.3 Å². The van der Waals surface area contributed by atoms with Crippen molar-refractivity contribution in [3.63, 3.8) is 0 Å². The minimum atomic E-state index is -1.65. The first-order valence-corrected chi connectivity index (χ1v) is 10.1. The molecule has 2 aromatic rings. The molecule has 9 heteroatoms. The van der Waals surface area contributed by atoms with Crippen molar-refractivity contribution in [3.05, 3.63) is 70.3 Å².